The number of methoxy groups -OCH3 is 1. The Labute approximate surface area is 125 Å². The average Bonchev–Trinajstić information content (AvgIpc) is 2.43. The lowest BCUT2D eigenvalue weighted by molar-refractivity contribution is 0.155. The molecular weight excluding hydrogens is 304 g/mol. The normalized spacial score (nSPS) is 14.3. The van der Waals surface area contributed by atoms with Crippen LogP contribution in [0.4, 0.5) is 0 Å². The highest BCUT2D eigenvalue weighted by atomic mass is 79.9. The molecule has 0 spiro atoms. The van der Waals surface area contributed by atoms with E-state index >= 15 is 0 Å². The maximum absolute atomic E-state index is 5.59. The van der Waals surface area contributed by atoms with Crippen molar-refractivity contribution in [1.82, 2.24) is 5.32 Å². The van der Waals surface area contributed by atoms with E-state index < -0.39 is 0 Å². The summed E-state index contributed by atoms with van der Waals surface area (Å²) in [6, 6.07) is 9.24. The zero-order valence-corrected chi connectivity index (χ0v) is 13.4. The lowest BCUT2D eigenvalue weighted by Crippen LogP contribution is -2.36. The standard InChI is InChI=1S/C15H25BrN2O/c1-3-15(12-6-8-13(16)9-7-12)18-14(11-19-2)5-4-10-17/h6-9,14-15,18H,3-5,10-11,17H2,1-2H3. The van der Waals surface area contributed by atoms with Crippen LogP contribution >= 0.6 is 15.9 Å². The first-order chi connectivity index (χ1) is 9.21. The monoisotopic (exact) mass is 328 g/mol. The SMILES string of the molecule is CCC(NC(CCCN)COC)c1ccc(Br)cc1. The number of nitrogens with two attached hydrogens (primary N) is 1. The first-order valence-corrected chi connectivity index (χ1v) is 7.71. The number of hydrogen-bond acceptors (Lipinski definition) is 3. The molecule has 0 aliphatic carbocycles. The maximum atomic E-state index is 5.59. The van der Waals surface area contributed by atoms with E-state index in [1.54, 1.807) is 7.11 Å². The fraction of sp³-hybridized carbons (Fsp3) is 0.600. The molecule has 0 saturated heterocycles. The van der Waals surface area contributed by atoms with Gasteiger partial charge in [-0.2, -0.15) is 0 Å². The van der Waals surface area contributed by atoms with Crippen molar-refractivity contribution >= 4 is 15.9 Å². The first kappa shape index (κ1) is 16.6. The third kappa shape index (κ3) is 6.04. The van der Waals surface area contributed by atoms with Crippen molar-refractivity contribution in [2.75, 3.05) is 20.3 Å². The third-order valence-corrected chi connectivity index (χ3v) is 3.77. The van der Waals surface area contributed by atoms with Crippen molar-refractivity contribution in [1.29, 1.82) is 0 Å². The molecule has 2 unspecified atom stereocenters. The number of rotatable bonds is 9. The molecule has 0 bridgehead atoms. The van der Waals surface area contributed by atoms with Gasteiger partial charge in [0.15, 0.2) is 0 Å². The molecule has 0 aliphatic rings. The molecule has 108 valence electrons. The minimum Gasteiger partial charge on any atom is -0.383 e. The topological polar surface area (TPSA) is 47.3 Å². The fourth-order valence-electron chi connectivity index (χ4n) is 2.21. The van der Waals surface area contributed by atoms with Crippen molar-refractivity contribution in [3.63, 3.8) is 0 Å². The third-order valence-electron chi connectivity index (χ3n) is 3.24. The average molecular weight is 329 g/mol. The zero-order chi connectivity index (χ0) is 14.1. The second-order valence-electron chi connectivity index (χ2n) is 4.76. The van der Waals surface area contributed by atoms with Crippen LogP contribution in [0.25, 0.3) is 0 Å². The largest absolute Gasteiger partial charge is 0.383 e. The number of benzene rings is 1. The Bertz CT molecular complexity index is 343. The predicted octanol–water partition coefficient (Wildman–Crippen LogP) is 3.24. The lowest BCUT2D eigenvalue weighted by atomic mass is 10.0. The van der Waals surface area contributed by atoms with Gasteiger partial charge in [-0.3, -0.25) is 0 Å². The molecule has 2 atom stereocenters. The van der Waals surface area contributed by atoms with Crippen LogP contribution in [0.5, 0.6) is 0 Å². The van der Waals surface area contributed by atoms with Gasteiger partial charge in [0, 0.05) is 23.7 Å². The number of nitrogens with one attached hydrogen (secondary N) is 1. The Balaban J connectivity index is 2.64. The lowest BCUT2D eigenvalue weighted by Gasteiger charge is -2.25. The van der Waals surface area contributed by atoms with Gasteiger partial charge in [0.25, 0.3) is 0 Å². The van der Waals surface area contributed by atoms with Gasteiger partial charge in [-0.05, 0) is 43.5 Å². The Morgan fingerprint density at radius 2 is 2.00 bits per heavy atom. The van der Waals surface area contributed by atoms with Crippen LogP contribution in [0.15, 0.2) is 28.7 Å². The maximum Gasteiger partial charge on any atom is 0.0616 e. The fourth-order valence-corrected chi connectivity index (χ4v) is 2.47. The molecule has 4 heteroatoms. The van der Waals surface area contributed by atoms with Crippen molar-refractivity contribution < 1.29 is 4.74 Å². The summed E-state index contributed by atoms with van der Waals surface area (Å²) in [5, 5.41) is 3.68. The highest BCUT2D eigenvalue weighted by Crippen LogP contribution is 2.20. The minimum absolute atomic E-state index is 0.363. The van der Waals surface area contributed by atoms with Crippen LogP contribution in [-0.4, -0.2) is 26.3 Å². The summed E-state index contributed by atoms with van der Waals surface area (Å²) in [4.78, 5) is 0. The van der Waals surface area contributed by atoms with Crippen LogP contribution in [0.3, 0.4) is 0 Å². The van der Waals surface area contributed by atoms with Crippen LogP contribution < -0.4 is 11.1 Å². The van der Waals surface area contributed by atoms with Gasteiger partial charge >= 0.3 is 0 Å². The quantitative estimate of drug-likeness (QED) is 0.731. The summed E-state index contributed by atoms with van der Waals surface area (Å²) in [7, 11) is 1.75. The van der Waals surface area contributed by atoms with Crippen molar-refractivity contribution in [2.24, 2.45) is 5.73 Å². The summed E-state index contributed by atoms with van der Waals surface area (Å²) in [5.41, 5.74) is 6.91. The van der Waals surface area contributed by atoms with E-state index in [0.717, 1.165) is 36.9 Å². The van der Waals surface area contributed by atoms with Crippen molar-refractivity contribution in [3.05, 3.63) is 34.3 Å². The molecule has 0 radical (unpaired) electrons. The van der Waals surface area contributed by atoms with Gasteiger partial charge in [0.05, 0.1) is 6.61 Å². The molecule has 19 heavy (non-hydrogen) atoms. The zero-order valence-electron chi connectivity index (χ0n) is 11.9. The van der Waals surface area contributed by atoms with Crippen molar-refractivity contribution in [2.45, 2.75) is 38.3 Å². The molecule has 0 aromatic heterocycles. The summed E-state index contributed by atoms with van der Waals surface area (Å²) >= 11 is 3.47. The summed E-state index contributed by atoms with van der Waals surface area (Å²) in [6.45, 7) is 3.66. The van der Waals surface area contributed by atoms with E-state index in [-0.39, 0.29) is 0 Å². The summed E-state index contributed by atoms with van der Waals surface area (Å²) < 4.78 is 6.40. The van der Waals surface area contributed by atoms with Gasteiger partial charge < -0.3 is 15.8 Å². The van der Waals surface area contributed by atoms with E-state index in [1.165, 1.54) is 5.56 Å². The number of ether oxygens (including phenoxy) is 1. The highest BCUT2D eigenvalue weighted by molar-refractivity contribution is 9.10. The molecule has 0 amide bonds. The molecule has 3 nitrogen and oxygen atoms in total. The molecule has 1 rings (SSSR count). The Kier molecular flexibility index (Phi) is 8.30. The second-order valence-corrected chi connectivity index (χ2v) is 5.68. The van der Waals surface area contributed by atoms with Gasteiger partial charge in [0.2, 0.25) is 0 Å². The van der Waals surface area contributed by atoms with Gasteiger partial charge in [-0.25, -0.2) is 0 Å². The molecular formula is C15H25BrN2O. The minimum atomic E-state index is 0.363. The molecule has 1 aromatic rings. The summed E-state index contributed by atoms with van der Waals surface area (Å²) in [6.07, 6.45) is 3.14. The second kappa shape index (κ2) is 9.48. The number of hydrogen-bond donors (Lipinski definition) is 2. The van der Waals surface area contributed by atoms with Crippen LogP contribution in [0.2, 0.25) is 0 Å². The highest BCUT2D eigenvalue weighted by Gasteiger charge is 2.15. The first-order valence-electron chi connectivity index (χ1n) is 6.91. The number of halogens is 1. The molecule has 0 saturated carbocycles. The molecule has 0 heterocycles. The Morgan fingerprint density at radius 3 is 2.53 bits per heavy atom. The Morgan fingerprint density at radius 1 is 1.32 bits per heavy atom. The Hall–Kier alpha value is -0.420. The smallest absolute Gasteiger partial charge is 0.0616 e. The van der Waals surface area contributed by atoms with Crippen LogP contribution in [0.1, 0.15) is 37.8 Å². The van der Waals surface area contributed by atoms with E-state index in [0.29, 0.717) is 12.1 Å². The van der Waals surface area contributed by atoms with Gasteiger partial charge in [0.1, 0.15) is 0 Å². The van der Waals surface area contributed by atoms with Crippen LogP contribution in [-0.2, 0) is 4.74 Å². The van der Waals surface area contributed by atoms with Crippen molar-refractivity contribution in [3.8, 4) is 0 Å². The summed E-state index contributed by atoms with van der Waals surface area (Å²) in [5.74, 6) is 0. The van der Waals surface area contributed by atoms with E-state index in [4.69, 9.17) is 10.5 Å². The molecule has 0 fully saturated rings. The predicted molar refractivity (Wildman–Crippen MR) is 84.3 cm³/mol. The molecule has 1 aromatic carbocycles. The van der Waals surface area contributed by atoms with Crippen LogP contribution in [0, 0.1) is 0 Å². The van der Waals surface area contributed by atoms with E-state index in [1.807, 2.05) is 0 Å². The van der Waals surface area contributed by atoms with E-state index in [9.17, 15) is 0 Å². The van der Waals surface area contributed by atoms with E-state index in [2.05, 4.69) is 52.4 Å². The molecule has 3 N–H and O–H groups in total. The van der Waals surface area contributed by atoms with Gasteiger partial charge in [-0.15, -0.1) is 0 Å². The molecule has 0 aliphatic heterocycles. The van der Waals surface area contributed by atoms with Gasteiger partial charge in [-0.1, -0.05) is 35.0 Å².